The molecule has 0 heterocycles. The molecule has 80 valence electrons. The Hall–Kier alpha value is 0.270. The molecule has 0 rings (SSSR count). The van der Waals surface area contributed by atoms with Crippen LogP contribution in [0.25, 0.3) is 0 Å². The molecule has 0 aliphatic carbocycles. The van der Waals surface area contributed by atoms with E-state index in [0.717, 1.165) is 18.9 Å². The van der Waals surface area contributed by atoms with Crippen molar-refractivity contribution in [2.75, 3.05) is 31.8 Å². The first-order chi connectivity index (χ1) is 6.12. The number of thioether (sulfide) groups is 1. The first kappa shape index (κ1) is 13.3. The van der Waals surface area contributed by atoms with Crippen LogP contribution in [0.1, 0.15) is 26.7 Å². The van der Waals surface area contributed by atoms with Crippen molar-refractivity contribution in [3.63, 3.8) is 0 Å². The molecule has 0 aromatic carbocycles. The number of ether oxygens (including phenoxy) is 1. The fraction of sp³-hybridized carbons (Fsp3) is 1.00. The van der Waals surface area contributed by atoms with E-state index in [2.05, 4.69) is 13.8 Å². The van der Waals surface area contributed by atoms with Gasteiger partial charge in [0.05, 0.1) is 6.61 Å². The zero-order valence-electron chi connectivity index (χ0n) is 9.14. The van der Waals surface area contributed by atoms with E-state index in [-0.39, 0.29) is 0 Å². The van der Waals surface area contributed by atoms with Crippen LogP contribution in [-0.4, -0.2) is 31.8 Å². The summed E-state index contributed by atoms with van der Waals surface area (Å²) in [5.41, 5.74) is 5.96. The molecule has 0 aliphatic heterocycles. The van der Waals surface area contributed by atoms with Crippen molar-refractivity contribution >= 4 is 11.8 Å². The van der Waals surface area contributed by atoms with Gasteiger partial charge in [-0.05, 0) is 30.6 Å². The van der Waals surface area contributed by atoms with Gasteiger partial charge < -0.3 is 10.5 Å². The van der Waals surface area contributed by atoms with Crippen LogP contribution in [0.4, 0.5) is 0 Å². The Kier molecular flexibility index (Phi) is 7.81. The minimum absolute atomic E-state index is 0.321. The lowest BCUT2D eigenvalue weighted by atomic mass is 9.88. The van der Waals surface area contributed by atoms with Gasteiger partial charge in [0, 0.05) is 12.9 Å². The van der Waals surface area contributed by atoms with Gasteiger partial charge in [-0.3, -0.25) is 0 Å². The lowest BCUT2D eigenvalue weighted by Gasteiger charge is -2.21. The third kappa shape index (κ3) is 8.60. The predicted molar refractivity (Wildman–Crippen MR) is 61.3 cm³/mol. The summed E-state index contributed by atoms with van der Waals surface area (Å²) in [5, 5.41) is 0. The molecule has 3 heteroatoms. The molecule has 0 aliphatic rings. The van der Waals surface area contributed by atoms with Crippen LogP contribution in [0.2, 0.25) is 0 Å². The Morgan fingerprint density at radius 1 is 1.31 bits per heavy atom. The van der Waals surface area contributed by atoms with Gasteiger partial charge in [-0.1, -0.05) is 13.8 Å². The topological polar surface area (TPSA) is 35.2 Å². The van der Waals surface area contributed by atoms with Gasteiger partial charge in [0.2, 0.25) is 0 Å². The third-order valence-corrected chi connectivity index (χ3v) is 3.16. The van der Waals surface area contributed by atoms with Crippen LogP contribution in [0.15, 0.2) is 0 Å². The van der Waals surface area contributed by atoms with E-state index in [1.54, 1.807) is 7.11 Å². The van der Waals surface area contributed by atoms with Crippen molar-refractivity contribution in [2.45, 2.75) is 26.7 Å². The number of methoxy groups -OCH3 is 1. The lowest BCUT2D eigenvalue weighted by molar-refractivity contribution is 0.218. The number of rotatable bonds is 8. The molecule has 0 fully saturated rings. The fourth-order valence-corrected chi connectivity index (χ4v) is 1.84. The smallest absolute Gasteiger partial charge is 0.0552 e. The van der Waals surface area contributed by atoms with Crippen molar-refractivity contribution in [3.8, 4) is 0 Å². The Bertz CT molecular complexity index is 117. The average Bonchev–Trinajstić information content (AvgIpc) is 2.11. The maximum Gasteiger partial charge on any atom is 0.0552 e. The molecule has 0 unspecified atom stereocenters. The highest BCUT2D eigenvalue weighted by Gasteiger charge is 2.13. The van der Waals surface area contributed by atoms with Crippen LogP contribution in [-0.2, 0) is 4.74 Å². The molecular weight excluding hydrogens is 182 g/mol. The molecule has 0 spiro atoms. The third-order valence-electron chi connectivity index (χ3n) is 2.13. The highest BCUT2D eigenvalue weighted by atomic mass is 32.2. The first-order valence-corrected chi connectivity index (χ1v) is 6.04. The van der Waals surface area contributed by atoms with Crippen molar-refractivity contribution in [1.29, 1.82) is 0 Å². The molecule has 0 saturated carbocycles. The van der Waals surface area contributed by atoms with Gasteiger partial charge in [0.1, 0.15) is 0 Å². The van der Waals surface area contributed by atoms with Crippen LogP contribution in [0, 0.1) is 5.41 Å². The maximum atomic E-state index is 5.64. The van der Waals surface area contributed by atoms with Gasteiger partial charge in [-0.2, -0.15) is 11.8 Å². The lowest BCUT2D eigenvalue weighted by Crippen LogP contribution is -2.23. The van der Waals surface area contributed by atoms with E-state index in [1.807, 2.05) is 11.8 Å². The fourth-order valence-electron chi connectivity index (χ4n) is 0.999. The summed E-state index contributed by atoms with van der Waals surface area (Å²) >= 11 is 1.96. The largest absolute Gasteiger partial charge is 0.384 e. The standard InChI is InChI=1S/C10H23NOS/c1-10(2,9-11)5-4-7-13-8-6-12-3/h4-9,11H2,1-3H3. The Morgan fingerprint density at radius 2 is 2.00 bits per heavy atom. The number of hydrogen-bond acceptors (Lipinski definition) is 3. The molecule has 2 N–H and O–H groups in total. The molecule has 2 nitrogen and oxygen atoms in total. The summed E-state index contributed by atoms with van der Waals surface area (Å²) in [5.74, 6) is 2.34. The normalized spacial score (nSPS) is 12.0. The van der Waals surface area contributed by atoms with E-state index >= 15 is 0 Å². The summed E-state index contributed by atoms with van der Waals surface area (Å²) in [6.45, 7) is 6.11. The van der Waals surface area contributed by atoms with Gasteiger partial charge in [-0.15, -0.1) is 0 Å². The molecule has 0 bridgehead atoms. The van der Waals surface area contributed by atoms with Gasteiger partial charge in [-0.25, -0.2) is 0 Å². The molecule has 0 atom stereocenters. The van der Waals surface area contributed by atoms with E-state index in [9.17, 15) is 0 Å². The molecular formula is C10H23NOS. The van der Waals surface area contributed by atoms with Crippen molar-refractivity contribution in [1.82, 2.24) is 0 Å². The second-order valence-corrected chi connectivity index (χ2v) is 5.30. The summed E-state index contributed by atoms with van der Waals surface area (Å²) < 4.78 is 4.97. The van der Waals surface area contributed by atoms with Gasteiger partial charge in [0.15, 0.2) is 0 Å². The summed E-state index contributed by atoms with van der Waals surface area (Å²) in [7, 11) is 1.75. The van der Waals surface area contributed by atoms with E-state index in [4.69, 9.17) is 10.5 Å². The maximum absolute atomic E-state index is 5.64. The average molecular weight is 205 g/mol. The van der Waals surface area contributed by atoms with Gasteiger partial charge >= 0.3 is 0 Å². The Balaban J connectivity index is 3.16. The second kappa shape index (κ2) is 7.65. The summed E-state index contributed by atoms with van der Waals surface area (Å²) in [6.07, 6.45) is 2.49. The minimum atomic E-state index is 0.321. The number of nitrogens with two attached hydrogens (primary N) is 1. The molecule has 0 saturated heterocycles. The van der Waals surface area contributed by atoms with E-state index < -0.39 is 0 Å². The van der Waals surface area contributed by atoms with Gasteiger partial charge in [0.25, 0.3) is 0 Å². The molecule has 0 amide bonds. The molecule has 0 aromatic rings. The highest BCUT2D eigenvalue weighted by Crippen LogP contribution is 2.21. The van der Waals surface area contributed by atoms with Crippen LogP contribution >= 0.6 is 11.8 Å². The summed E-state index contributed by atoms with van der Waals surface area (Å²) in [4.78, 5) is 0. The van der Waals surface area contributed by atoms with Crippen LogP contribution in [0.3, 0.4) is 0 Å². The zero-order chi connectivity index (χ0) is 10.2. The van der Waals surface area contributed by atoms with E-state index in [1.165, 1.54) is 18.6 Å². The van der Waals surface area contributed by atoms with Crippen molar-refractivity contribution < 1.29 is 4.74 Å². The zero-order valence-corrected chi connectivity index (χ0v) is 9.95. The first-order valence-electron chi connectivity index (χ1n) is 4.89. The monoisotopic (exact) mass is 205 g/mol. The quantitative estimate of drug-likeness (QED) is 0.617. The highest BCUT2D eigenvalue weighted by molar-refractivity contribution is 7.99. The molecule has 13 heavy (non-hydrogen) atoms. The second-order valence-electron chi connectivity index (χ2n) is 4.08. The predicted octanol–water partition coefficient (Wildman–Crippen LogP) is 2.13. The Morgan fingerprint density at radius 3 is 2.54 bits per heavy atom. The van der Waals surface area contributed by atoms with Crippen LogP contribution < -0.4 is 5.73 Å². The summed E-state index contributed by atoms with van der Waals surface area (Å²) in [6, 6.07) is 0. The van der Waals surface area contributed by atoms with Crippen molar-refractivity contribution in [2.24, 2.45) is 11.1 Å². The minimum Gasteiger partial charge on any atom is -0.384 e. The Labute approximate surface area is 86.6 Å². The van der Waals surface area contributed by atoms with E-state index in [0.29, 0.717) is 5.41 Å². The SMILES string of the molecule is COCCSCCCC(C)(C)CN. The van der Waals surface area contributed by atoms with Crippen molar-refractivity contribution in [3.05, 3.63) is 0 Å². The number of hydrogen-bond donors (Lipinski definition) is 1. The molecule has 0 aromatic heterocycles. The van der Waals surface area contributed by atoms with Crippen LogP contribution in [0.5, 0.6) is 0 Å². The molecule has 0 radical (unpaired) electrons.